The standard InChI is InChI=1S/C7H8BrCl2NO2S2/c8-2-1-3-11-15(12,13)5-4-6(9)14-7(5)10/h4,11H,1-3H2. The van der Waals surface area contributed by atoms with Gasteiger partial charge in [-0.05, 0) is 12.5 Å². The predicted molar refractivity (Wildman–Crippen MR) is 67.9 cm³/mol. The van der Waals surface area contributed by atoms with Crippen LogP contribution >= 0.6 is 50.5 Å². The van der Waals surface area contributed by atoms with Crippen LogP contribution in [0.15, 0.2) is 11.0 Å². The first-order valence-corrected chi connectivity index (χ1v) is 8.15. The molecule has 0 atom stereocenters. The van der Waals surface area contributed by atoms with E-state index >= 15 is 0 Å². The lowest BCUT2D eigenvalue weighted by atomic mass is 10.5. The van der Waals surface area contributed by atoms with Crippen molar-refractivity contribution in [2.45, 2.75) is 11.3 Å². The van der Waals surface area contributed by atoms with Crippen LogP contribution in [0.4, 0.5) is 0 Å². The molecule has 0 aliphatic rings. The monoisotopic (exact) mass is 351 g/mol. The molecule has 0 spiro atoms. The summed E-state index contributed by atoms with van der Waals surface area (Å²) in [5.74, 6) is 0. The van der Waals surface area contributed by atoms with Crippen LogP contribution in [-0.4, -0.2) is 20.3 Å². The fourth-order valence-corrected chi connectivity index (χ4v) is 4.36. The van der Waals surface area contributed by atoms with Gasteiger partial charge in [-0.25, -0.2) is 13.1 Å². The Morgan fingerprint density at radius 1 is 1.47 bits per heavy atom. The van der Waals surface area contributed by atoms with E-state index in [2.05, 4.69) is 20.7 Å². The highest BCUT2D eigenvalue weighted by atomic mass is 79.9. The molecule has 0 radical (unpaired) electrons. The van der Waals surface area contributed by atoms with E-state index in [1.54, 1.807) is 0 Å². The lowest BCUT2D eigenvalue weighted by Crippen LogP contribution is -2.24. The highest BCUT2D eigenvalue weighted by Gasteiger charge is 2.20. The molecule has 0 saturated heterocycles. The van der Waals surface area contributed by atoms with E-state index in [-0.39, 0.29) is 9.23 Å². The molecule has 1 N–H and O–H groups in total. The van der Waals surface area contributed by atoms with Crippen LogP contribution in [0, 0.1) is 0 Å². The van der Waals surface area contributed by atoms with Gasteiger partial charge in [-0.15, -0.1) is 11.3 Å². The Morgan fingerprint density at radius 2 is 2.13 bits per heavy atom. The molecule has 1 aromatic rings. The summed E-state index contributed by atoms with van der Waals surface area (Å²) in [4.78, 5) is 0.0498. The Morgan fingerprint density at radius 3 is 2.60 bits per heavy atom. The van der Waals surface area contributed by atoms with Crippen LogP contribution in [-0.2, 0) is 10.0 Å². The van der Waals surface area contributed by atoms with Gasteiger partial charge in [0.05, 0.1) is 4.34 Å². The van der Waals surface area contributed by atoms with Gasteiger partial charge in [0.1, 0.15) is 9.23 Å². The summed E-state index contributed by atoms with van der Waals surface area (Å²) in [6.07, 6.45) is 0.717. The minimum absolute atomic E-state index is 0.0498. The SMILES string of the molecule is O=S(=O)(NCCCBr)c1cc(Cl)sc1Cl. The molecule has 1 aromatic heterocycles. The fraction of sp³-hybridized carbons (Fsp3) is 0.429. The van der Waals surface area contributed by atoms with Gasteiger partial charge in [-0.1, -0.05) is 39.1 Å². The molecule has 0 saturated carbocycles. The van der Waals surface area contributed by atoms with Crippen molar-refractivity contribution in [3.63, 3.8) is 0 Å². The Hall–Kier alpha value is 0.670. The van der Waals surface area contributed by atoms with E-state index in [1.807, 2.05) is 0 Å². The predicted octanol–water partition coefficient (Wildman–Crippen LogP) is 3.12. The Labute approximate surface area is 111 Å². The average molecular weight is 353 g/mol. The minimum atomic E-state index is -3.52. The zero-order chi connectivity index (χ0) is 11.5. The number of hydrogen-bond acceptors (Lipinski definition) is 3. The molecule has 0 amide bonds. The number of rotatable bonds is 5. The van der Waals surface area contributed by atoms with Crippen LogP contribution in [0.25, 0.3) is 0 Å². The number of halogens is 3. The number of thiophene rings is 1. The second kappa shape index (κ2) is 5.84. The molecular formula is C7H8BrCl2NO2S2. The highest BCUT2D eigenvalue weighted by molar-refractivity contribution is 9.09. The molecule has 3 nitrogen and oxygen atoms in total. The molecular weight excluding hydrogens is 345 g/mol. The van der Waals surface area contributed by atoms with Gasteiger partial charge in [-0.3, -0.25) is 0 Å². The molecule has 0 unspecified atom stereocenters. The smallest absolute Gasteiger partial charge is 0.211 e. The third kappa shape index (κ3) is 3.87. The van der Waals surface area contributed by atoms with Crippen molar-refractivity contribution in [1.29, 1.82) is 0 Å². The van der Waals surface area contributed by atoms with Gasteiger partial charge in [0.25, 0.3) is 0 Å². The summed E-state index contributed by atoms with van der Waals surface area (Å²) >= 11 is 15.7. The summed E-state index contributed by atoms with van der Waals surface area (Å²) in [7, 11) is -3.52. The largest absolute Gasteiger partial charge is 0.242 e. The lowest BCUT2D eigenvalue weighted by molar-refractivity contribution is 0.581. The van der Waals surface area contributed by atoms with E-state index < -0.39 is 10.0 Å². The van der Waals surface area contributed by atoms with Gasteiger partial charge >= 0.3 is 0 Å². The minimum Gasteiger partial charge on any atom is -0.211 e. The summed E-state index contributed by atoms with van der Waals surface area (Å²) in [6.45, 7) is 0.372. The summed E-state index contributed by atoms with van der Waals surface area (Å²) in [6, 6.07) is 1.35. The van der Waals surface area contributed by atoms with Gasteiger partial charge in [0.2, 0.25) is 10.0 Å². The van der Waals surface area contributed by atoms with Crippen molar-refractivity contribution in [2.24, 2.45) is 0 Å². The second-order valence-electron chi connectivity index (χ2n) is 2.63. The van der Waals surface area contributed by atoms with Crippen molar-refractivity contribution in [3.05, 3.63) is 14.7 Å². The molecule has 15 heavy (non-hydrogen) atoms. The Balaban J connectivity index is 2.82. The Bertz CT molecular complexity index is 432. The average Bonchev–Trinajstić information content (AvgIpc) is 2.46. The quantitative estimate of drug-likeness (QED) is 0.653. The van der Waals surface area contributed by atoms with Crippen molar-refractivity contribution in [3.8, 4) is 0 Å². The van der Waals surface area contributed by atoms with E-state index in [4.69, 9.17) is 23.2 Å². The number of hydrogen-bond donors (Lipinski definition) is 1. The van der Waals surface area contributed by atoms with E-state index in [0.29, 0.717) is 17.3 Å². The van der Waals surface area contributed by atoms with E-state index in [0.717, 1.165) is 16.7 Å². The van der Waals surface area contributed by atoms with Crippen molar-refractivity contribution in [1.82, 2.24) is 4.72 Å². The van der Waals surface area contributed by atoms with Crippen molar-refractivity contribution >= 4 is 60.5 Å². The van der Waals surface area contributed by atoms with Crippen molar-refractivity contribution in [2.75, 3.05) is 11.9 Å². The summed E-state index contributed by atoms with van der Waals surface area (Å²) in [5.41, 5.74) is 0. The topological polar surface area (TPSA) is 46.2 Å². The molecule has 0 aliphatic heterocycles. The normalized spacial score (nSPS) is 11.9. The highest BCUT2D eigenvalue weighted by Crippen LogP contribution is 2.33. The van der Waals surface area contributed by atoms with Crippen LogP contribution < -0.4 is 4.72 Å². The summed E-state index contributed by atoms with van der Waals surface area (Å²) < 4.78 is 26.3. The van der Waals surface area contributed by atoms with Crippen LogP contribution in [0.5, 0.6) is 0 Å². The zero-order valence-corrected chi connectivity index (χ0v) is 12.2. The maximum Gasteiger partial charge on any atom is 0.242 e. The third-order valence-corrected chi connectivity index (χ3v) is 5.29. The molecule has 0 bridgehead atoms. The van der Waals surface area contributed by atoms with E-state index in [9.17, 15) is 8.42 Å². The van der Waals surface area contributed by atoms with Crippen LogP contribution in [0.2, 0.25) is 8.67 Å². The van der Waals surface area contributed by atoms with E-state index in [1.165, 1.54) is 6.07 Å². The lowest BCUT2D eigenvalue weighted by Gasteiger charge is -2.03. The van der Waals surface area contributed by atoms with Crippen molar-refractivity contribution < 1.29 is 8.42 Å². The van der Waals surface area contributed by atoms with Gasteiger partial charge in [0, 0.05) is 11.9 Å². The molecule has 86 valence electrons. The molecule has 1 heterocycles. The molecule has 1 rings (SSSR count). The van der Waals surface area contributed by atoms with Crippen LogP contribution in [0.3, 0.4) is 0 Å². The molecule has 8 heteroatoms. The number of sulfonamides is 1. The first-order chi connectivity index (χ1) is 6.97. The first-order valence-electron chi connectivity index (χ1n) is 3.98. The van der Waals surface area contributed by atoms with Crippen LogP contribution in [0.1, 0.15) is 6.42 Å². The number of nitrogens with one attached hydrogen (secondary N) is 1. The van der Waals surface area contributed by atoms with Gasteiger partial charge in [0.15, 0.2) is 0 Å². The zero-order valence-electron chi connectivity index (χ0n) is 7.47. The third-order valence-electron chi connectivity index (χ3n) is 1.52. The maximum atomic E-state index is 11.7. The fourth-order valence-electron chi connectivity index (χ4n) is 0.859. The number of alkyl halides is 1. The van der Waals surface area contributed by atoms with Gasteiger partial charge < -0.3 is 0 Å². The summed E-state index contributed by atoms with van der Waals surface area (Å²) in [5, 5.41) is 0.744. The Kier molecular flexibility index (Phi) is 5.35. The molecule has 0 aliphatic carbocycles. The first kappa shape index (κ1) is 13.7. The maximum absolute atomic E-state index is 11.7. The van der Waals surface area contributed by atoms with Gasteiger partial charge in [-0.2, -0.15) is 0 Å². The molecule has 0 aromatic carbocycles. The molecule has 0 fully saturated rings. The second-order valence-corrected chi connectivity index (χ2v) is 7.44.